The smallest absolute Gasteiger partial charge is 0.388 e. The van der Waals surface area contributed by atoms with E-state index in [1.54, 1.807) is 17.3 Å². The molecule has 37 heavy (non-hydrogen) atoms. The predicted octanol–water partition coefficient (Wildman–Crippen LogP) is 3.72. The Morgan fingerprint density at radius 2 is 1.84 bits per heavy atom. The van der Waals surface area contributed by atoms with Crippen LogP contribution >= 0.6 is 11.6 Å². The number of amides is 2. The number of hydrogen-bond donors (Lipinski definition) is 1. The first-order valence-corrected chi connectivity index (χ1v) is 13.1. The molecule has 2 saturated heterocycles. The summed E-state index contributed by atoms with van der Waals surface area (Å²) in [6, 6.07) is 11.3. The van der Waals surface area contributed by atoms with Gasteiger partial charge in [0.2, 0.25) is 0 Å². The summed E-state index contributed by atoms with van der Waals surface area (Å²) in [5.41, 5.74) is 1.72. The van der Waals surface area contributed by atoms with Crippen molar-refractivity contribution in [3.63, 3.8) is 0 Å². The molecule has 11 heteroatoms. The molecule has 0 aliphatic carbocycles. The third-order valence-corrected chi connectivity index (χ3v) is 7.47. The number of benzene rings is 1. The maximum atomic E-state index is 13.1. The first kappa shape index (κ1) is 25.3. The van der Waals surface area contributed by atoms with Crippen molar-refractivity contribution in [2.45, 2.75) is 38.2 Å². The number of para-hydroxylation sites is 1. The van der Waals surface area contributed by atoms with Crippen molar-refractivity contribution in [1.82, 2.24) is 14.9 Å². The zero-order valence-corrected chi connectivity index (χ0v) is 21.6. The molecule has 2 amide bonds. The van der Waals surface area contributed by atoms with Gasteiger partial charge in [-0.05, 0) is 30.2 Å². The minimum Gasteiger partial charge on any atom is -0.388 e. The number of nitrogens with zero attached hydrogens (tertiary/aromatic N) is 5. The van der Waals surface area contributed by atoms with Crippen LogP contribution in [0.5, 0.6) is 0 Å². The van der Waals surface area contributed by atoms with E-state index in [9.17, 15) is 9.59 Å². The number of nitrogens with one attached hydrogen (secondary N) is 1. The van der Waals surface area contributed by atoms with Crippen LogP contribution in [-0.2, 0) is 20.9 Å². The molecule has 4 heterocycles. The van der Waals surface area contributed by atoms with Crippen molar-refractivity contribution in [3.05, 3.63) is 53.2 Å². The quantitative estimate of drug-likeness (QED) is 0.633. The lowest BCUT2D eigenvalue weighted by atomic mass is 9.87. The number of hydroxylamine groups is 2. The minimum atomic E-state index is -0.528. The number of hydrogen-bond acceptors (Lipinski definition) is 8. The molecule has 1 N–H and O–H groups in total. The lowest BCUT2D eigenvalue weighted by molar-refractivity contribution is -0.154. The summed E-state index contributed by atoms with van der Waals surface area (Å²) in [5.74, 6) is 0.658. The largest absolute Gasteiger partial charge is 0.430 e. The Morgan fingerprint density at radius 1 is 1.08 bits per heavy atom. The number of rotatable bonds is 5. The topological polar surface area (TPSA) is 99.6 Å². The van der Waals surface area contributed by atoms with Gasteiger partial charge in [0.1, 0.15) is 17.1 Å². The van der Waals surface area contributed by atoms with E-state index in [-0.39, 0.29) is 5.91 Å². The van der Waals surface area contributed by atoms with Crippen LogP contribution in [0.25, 0.3) is 0 Å². The fourth-order valence-electron chi connectivity index (χ4n) is 5.00. The summed E-state index contributed by atoms with van der Waals surface area (Å²) in [6.07, 6.45) is 3.70. The number of oxime groups is 1. The van der Waals surface area contributed by atoms with Crippen molar-refractivity contribution in [3.8, 4) is 0 Å². The SMILES string of the molecule is CCc1ccccc1NC(=O)ON1CCC2(CC1)CC(C(=O)N1CCN(c3ncccc3Cl)CC1)=NO2. The lowest BCUT2D eigenvalue weighted by Crippen LogP contribution is -2.51. The molecule has 0 bridgehead atoms. The van der Waals surface area contributed by atoms with Gasteiger partial charge in [0, 0.05) is 70.4 Å². The van der Waals surface area contributed by atoms with Crippen molar-refractivity contribution >= 4 is 40.8 Å². The number of carbonyl (C=O) groups excluding carboxylic acids is 2. The first-order valence-electron chi connectivity index (χ1n) is 12.7. The van der Waals surface area contributed by atoms with Gasteiger partial charge in [-0.25, -0.2) is 9.78 Å². The molecular formula is C26H31ClN6O4. The van der Waals surface area contributed by atoms with Gasteiger partial charge in [-0.3, -0.25) is 10.1 Å². The van der Waals surface area contributed by atoms with E-state index in [0.717, 1.165) is 23.5 Å². The summed E-state index contributed by atoms with van der Waals surface area (Å²) >= 11 is 6.27. The number of pyridine rings is 1. The highest BCUT2D eigenvalue weighted by Gasteiger charge is 2.45. The molecule has 2 aromatic rings. The Hall–Kier alpha value is -3.37. The molecule has 3 aliphatic heterocycles. The van der Waals surface area contributed by atoms with Crippen molar-refractivity contribution in [2.24, 2.45) is 5.16 Å². The van der Waals surface area contributed by atoms with Gasteiger partial charge in [0.25, 0.3) is 5.91 Å². The molecule has 1 aromatic carbocycles. The molecule has 1 aromatic heterocycles. The Labute approximate surface area is 221 Å². The normalized spacial score (nSPS) is 19.4. The number of aromatic nitrogens is 1. The Balaban J connectivity index is 1.08. The molecule has 196 valence electrons. The Bertz CT molecular complexity index is 1180. The second kappa shape index (κ2) is 10.9. The van der Waals surface area contributed by atoms with E-state index < -0.39 is 11.7 Å². The number of piperazine rings is 1. The predicted molar refractivity (Wildman–Crippen MR) is 141 cm³/mol. The van der Waals surface area contributed by atoms with Crippen molar-refractivity contribution in [1.29, 1.82) is 0 Å². The second-order valence-electron chi connectivity index (χ2n) is 9.52. The molecule has 0 saturated carbocycles. The molecule has 5 rings (SSSR count). The third kappa shape index (κ3) is 5.65. The maximum Gasteiger partial charge on any atom is 0.430 e. The number of carbonyl (C=O) groups is 2. The molecule has 0 unspecified atom stereocenters. The van der Waals surface area contributed by atoms with E-state index in [1.165, 1.54) is 0 Å². The molecular weight excluding hydrogens is 496 g/mol. The number of aryl methyl sites for hydroxylation is 1. The zero-order valence-electron chi connectivity index (χ0n) is 20.9. The van der Waals surface area contributed by atoms with E-state index in [2.05, 4.69) is 20.4 Å². The van der Waals surface area contributed by atoms with Gasteiger partial charge in [-0.1, -0.05) is 41.9 Å². The average molecular weight is 527 g/mol. The lowest BCUT2D eigenvalue weighted by Gasteiger charge is -2.36. The standard InChI is InChI=1S/C26H31ClN6O4/c1-2-19-6-3-4-8-21(19)29-25(35)36-33-12-9-26(10-13-33)18-22(30-37-26)24(34)32-16-14-31(15-17-32)23-20(27)7-5-11-28-23/h3-8,11H,2,9-10,12-18H2,1H3,(H,29,35). The Kier molecular flexibility index (Phi) is 7.48. The second-order valence-corrected chi connectivity index (χ2v) is 9.93. The fraction of sp³-hybridized carbons (Fsp3) is 0.462. The summed E-state index contributed by atoms with van der Waals surface area (Å²) in [6.45, 7) is 5.48. The number of halogens is 1. The monoisotopic (exact) mass is 526 g/mol. The maximum absolute atomic E-state index is 13.1. The van der Waals surface area contributed by atoms with Gasteiger partial charge in [-0.2, -0.15) is 0 Å². The third-order valence-electron chi connectivity index (χ3n) is 7.17. The van der Waals surface area contributed by atoms with Crippen LogP contribution < -0.4 is 10.2 Å². The van der Waals surface area contributed by atoms with Gasteiger partial charge in [0.05, 0.1) is 5.02 Å². The number of anilines is 2. The average Bonchev–Trinajstić information content (AvgIpc) is 3.34. The van der Waals surface area contributed by atoms with Crippen LogP contribution in [0.15, 0.2) is 47.8 Å². The van der Waals surface area contributed by atoms with Crippen LogP contribution in [0.3, 0.4) is 0 Å². The van der Waals surface area contributed by atoms with E-state index in [1.807, 2.05) is 42.2 Å². The van der Waals surface area contributed by atoms with Crippen molar-refractivity contribution in [2.75, 3.05) is 49.5 Å². The fourth-order valence-corrected chi connectivity index (χ4v) is 5.24. The summed E-state index contributed by atoms with van der Waals surface area (Å²) in [5, 5.41) is 9.25. The van der Waals surface area contributed by atoms with E-state index in [0.29, 0.717) is 69.3 Å². The van der Waals surface area contributed by atoms with Crippen molar-refractivity contribution < 1.29 is 19.3 Å². The zero-order chi connectivity index (χ0) is 25.8. The van der Waals surface area contributed by atoms with Crippen LogP contribution in [0.4, 0.5) is 16.3 Å². The highest BCUT2D eigenvalue weighted by molar-refractivity contribution is 6.39. The first-order chi connectivity index (χ1) is 18.0. The molecule has 0 radical (unpaired) electrons. The van der Waals surface area contributed by atoms with Crippen LogP contribution in [0.1, 0.15) is 31.7 Å². The van der Waals surface area contributed by atoms with Crippen LogP contribution in [0.2, 0.25) is 5.02 Å². The van der Waals surface area contributed by atoms with E-state index >= 15 is 0 Å². The minimum absolute atomic E-state index is 0.0868. The van der Waals surface area contributed by atoms with Gasteiger partial charge < -0.3 is 19.5 Å². The molecule has 3 aliphatic rings. The Morgan fingerprint density at radius 3 is 2.57 bits per heavy atom. The molecule has 0 atom stereocenters. The highest BCUT2D eigenvalue weighted by Crippen LogP contribution is 2.35. The van der Waals surface area contributed by atoms with E-state index in [4.69, 9.17) is 21.3 Å². The van der Waals surface area contributed by atoms with Gasteiger partial charge in [-0.15, -0.1) is 5.06 Å². The van der Waals surface area contributed by atoms with Gasteiger partial charge in [0.15, 0.2) is 0 Å². The molecule has 2 fully saturated rings. The summed E-state index contributed by atoms with van der Waals surface area (Å²) in [7, 11) is 0. The van der Waals surface area contributed by atoms with Crippen LogP contribution in [0, 0.1) is 0 Å². The number of piperidine rings is 1. The molecule has 10 nitrogen and oxygen atoms in total. The highest BCUT2D eigenvalue weighted by atomic mass is 35.5. The molecule has 1 spiro atoms. The van der Waals surface area contributed by atoms with Crippen LogP contribution in [-0.4, -0.2) is 77.5 Å². The summed E-state index contributed by atoms with van der Waals surface area (Å²) < 4.78 is 0. The summed E-state index contributed by atoms with van der Waals surface area (Å²) in [4.78, 5) is 45.2. The van der Waals surface area contributed by atoms with Gasteiger partial charge >= 0.3 is 6.09 Å².